The summed E-state index contributed by atoms with van der Waals surface area (Å²) in [6, 6.07) is 0.0234. The lowest BCUT2D eigenvalue weighted by Crippen LogP contribution is -2.46. The molecule has 0 aromatic carbocycles. The van der Waals surface area contributed by atoms with E-state index in [1.54, 1.807) is 7.11 Å². The summed E-state index contributed by atoms with van der Waals surface area (Å²) in [4.78, 5) is 0. The number of methoxy groups -OCH3 is 1. The zero-order valence-corrected chi connectivity index (χ0v) is 10.6. The van der Waals surface area contributed by atoms with E-state index in [2.05, 4.69) is 17.4 Å². The molecule has 3 N–H and O–H groups in total. The molecule has 1 aromatic rings. The van der Waals surface area contributed by atoms with Crippen molar-refractivity contribution in [2.24, 2.45) is 5.84 Å². The van der Waals surface area contributed by atoms with Crippen molar-refractivity contribution in [2.75, 3.05) is 7.11 Å². The van der Waals surface area contributed by atoms with E-state index < -0.39 is 0 Å². The summed E-state index contributed by atoms with van der Waals surface area (Å²) in [7, 11) is 1.78. The monoisotopic (exact) mass is 238 g/mol. The van der Waals surface area contributed by atoms with Crippen molar-refractivity contribution in [1.82, 2.24) is 15.2 Å². The highest BCUT2D eigenvalue weighted by Crippen LogP contribution is 2.42. The third-order valence-electron chi connectivity index (χ3n) is 3.86. The lowest BCUT2D eigenvalue weighted by atomic mass is 9.88. The first kappa shape index (κ1) is 12.5. The molecule has 0 saturated heterocycles. The topological polar surface area (TPSA) is 65.1 Å². The normalized spacial score (nSPS) is 20.6. The fourth-order valence-corrected chi connectivity index (χ4v) is 2.84. The second-order valence-corrected chi connectivity index (χ2v) is 4.71. The molecule has 1 aromatic heterocycles. The molecule has 17 heavy (non-hydrogen) atoms. The molecule has 2 rings (SSSR count). The Kier molecular flexibility index (Phi) is 3.81. The number of nitrogens with two attached hydrogens (primary N) is 1. The van der Waals surface area contributed by atoms with Gasteiger partial charge in [0.1, 0.15) is 0 Å². The SMILES string of the molecule is CCn1cc(C(NN)C2(OC)CCCC2)cn1. The van der Waals surface area contributed by atoms with Crippen molar-refractivity contribution in [2.45, 2.75) is 50.8 Å². The largest absolute Gasteiger partial charge is 0.376 e. The first-order valence-corrected chi connectivity index (χ1v) is 6.29. The molecule has 0 amide bonds. The quantitative estimate of drug-likeness (QED) is 0.600. The Labute approximate surface area is 102 Å². The van der Waals surface area contributed by atoms with Crippen LogP contribution in [0, 0.1) is 0 Å². The zero-order valence-electron chi connectivity index (χ0n) is 10.6. The van der Waals surface area contributed by atoms with Crippen LogP contribution in [0.2, 0.25) is 0 Å². The number of hydrogen-bond acceptors (Lipinski definition) is 4. The first-order valence-electron chi connectivity index (χ1n) is 6.29. The summed E-state index contributed by atoms with van der Waals surface area (Å²) in [6.45, 7) is 2.95. The van der Waals surface area contributed by atoms with Crippen molar-refractivity contribution >= 4 is 0 Å². The van der Waals surface area contributed by atoms with Gasteiger partial charge in [-0.25, -0.2) is 5.43 Å². The molecule has 0 bridgehead atoms. The fourth-order valence-electron chi connectivity index (χ4n) is 2.84. The number of aryl methyl sites for hydroxylation is 1. The molecule has 0 aliphatic heterocycles. The van der Waals surface area contributed by atoms with Crippen LogP contribution < -0.4 is 11.3 Å². The highest BCUT2D eigenvalue weighted by atomic mass is 16.5. The minimum Gasteiger partial charge on any atom is -0.376 e. The molecule has 0 spiro atoms. The molecule has 1 saturated carbocycles. The van der Waals surface area contributed by atoms with Gasteiger partial charge in [0.25, 0.3) is 0 Å². The zero-order chi connectivity index (χ0) is 12.3. The number of nitrogens with one attached hydrogen (secondary N) is 1. The van der Waals surface area contributed by atoms with Crippen LogP contribution in [0.15, 0.2) is 12.4 Å². The van der Waals surface area contributed by atoms with E-state index in [-0.39, 0.29) is 11.6 Å². The van der Waals surface area contributed by atoms with Gasteiger partial charge in [0, 0.05) is 25.4 Å². The highest BCUT2D eigenvalue weighted by molar-refractivity contribution is 5.17. The molecule has 5 heteroatoms. The fraction of sp³-hybridized carbons (Fsp3) is 0.750. The van der Waals surface area contributed by atoms with Gasteiger partial charge in [-0.1, -0.05) is 12.8 Å². The molecule has 1 heterocycles. The number of rotatable bonds is 5. The summed E-state index contributed by atoms with van der Waals surface area (Å²) in [6.07, 6.45) is 8.43. The molecule has 1 fully saturated rings. The second kappa shape index (κ2) is 5.16. The van der Waals surface area contributed by atoms with Crippen LogP contribution in [0.4, 0.5) is 0 Å². The van der Waals surface area contributed by atoms with Gasteiger partial charge in [-0.05, 0) is 19.8 Å². The first-order chi connectivity index (χ1) is 8.25. The molecule has 5 nitrogen and oxygen atoms in total. The Bertz CT molecular complexity index is 357. The summed E-state index contributed by atoms with van der Waals surface area (Å²) < 4.78 is 7.68. The molecule has 1 unspecified atom stereocenters. The number of nitrogens with zero attached hydrogens (tertiary/aromatic N) is 2. The average molecular weight is 238 g/mol. The van der Waals surface area contributed by atoms with Crippen molar-refractivity contribution in [1.29, 1.82) is 0 Å². The van der Waals surface area contributed by atoms with Gasteiger partial charge in [-0.2, -0.15) is 5.10 Å². The molecule has 0 radical (unpaired) electrons. The Hall–Kier alpha value is -0.910. The maximum Gasteiger partial charge on any atom is 0.0886 e. The standard InChI is InChI=1S/C12H22N4O/c1-3-16-9-10(8-14-16)11(15-13)12(17-2)6-4-5-7-12/h8-9,11,15H,3-7,13H2,1-2H3. The summed E-state index contributed by atoms with van der Waals surface area (Å²) in [5.41, 5.74) is 3.85. The van der Waals surface area contributed by atoms with Gasteiger partial charge < -0.3 is 4.74 Å². The van der Waals surface area contributed by atoms with E-state index in [1.165, 1.54) is 12.8 Å². The van der Waals surface area contributed by atoms with Gasteiger partial charge in [-0.15, -0.1) is 0 Å². The lowest BCUT2D eigenvalue weighted by Gasteiger charge is -2.35. The molecular weight excluding hydrogens is 216 g/mol. The Morgan fingerprint density at radius 2 is 2.29 bits per heavy atom. The average Bonchev–Trinajstić information content (AvgIpc) is 3.00. The van der Waals surface area contributed by atoms with Crippen LogP contribution >= 0.6 is 0 Å². The molecule has 1 atom stereocenters. The maximum atomic E-state index is 5.77. The molecule has 1 aliphatic carbocycles. The van der Waals surface area contributed by atoms with E-state index in [1.807, 2.05) is 17.1 Å². The Morgan fingerprint density at radius 3 is 2.76 bits per heavy atom. The van der Waals surface area contributed by atoms with Crippen LogP contribution in [-0.2, 0) is 11.3 Å². The Balaban J connectivity index is 2.25. The van der Waals surface area contributed by atoms with Crippen LogP contribution in [0.25, 0.3) is 0 Å². The van der Waals surface area contributed by atoms with E-state index >= 15 is 0 Å². The minimum absolute atomic E-state index is 0.0234. The van der Waals surface area contributed by atoms with Crippen LogP contribution in [0.5, 0.6) is 0 Å². The van der Waals surface area contributed by atoms with E-state index in [4.69, 9.17) is 10.6 Å². The van der Waals surface area contributed by atoms with E-state index in [9.17, 15) is 0 Å². The predicted octanol–water partition coefficient (Wildman–Crippen LogP) is 1.37. The predicted molar refractivity (Wildman–Crippen MR) is 66.2 cm³/mol. The van der Waals surface area contributed by atoms with Crippen molar-refractivity contribution < 1.29 is 4.74 Å². The minimum atomic E-state index is -0.170. The smallest absolute Gasteiger partial charge is 0.0886 e. The van der Waals surface area contributed by atoms with Gasteiger partial charge >= 0.3 is 0 Å². The van der Waals surface area contributed by atoms with Crippen LogP contribution in [0.1, 0.15) is 44.2 Å². The third-order valence-corrected chi connectivity index (χ3v) is 3.86. The van der Waals surface area contributed by atoms with E-state index in [0.29, 0.717) is 0 Å². The summed E-state index contributed by atoms with van der Waals surface area (Å²) in [5, 5.41) is 4.31. The van der Waals surface area contributed by atoms with Gasteiger partial charge in [0.05, 0.1) is 17.8 Å². The van der Waals surface area contributed by atoms with Crippen molar-refractivity contribution in [3.63, 3.8) is 0 Å². The Morgan fingerprint density at radius 1 is 1.59 bits per heavy atom. The summed E-state index contributed by atoms with van der Waals surface area (Å²) >= 11 is 0. The lowest BCUT2D eigenvalue weighted by molar-refractivity contribution is -0.0368. The van der Waals surface area contributed by atoms with Crippen molar-refractivity contribution in [3.8, 4) is 0 Å². The number of hydrazine groups is 1. The third kappa shape index (κ3) is 2.22. The molecule has 96 valence electrons. The number of aromatic nitrogens is 2. The van der Waals surface area contributed by atoms with Crippen molar-refractivity contribution in [3.05, 3.63) is 18.0 Å². The van der Waals surface area contributed by atoms with Crippen LogP contribution in [-0.4, -0.2) is 22.5 Å². The number of ether oxygens (including phenoxy) is 1. The van der Waals surface area contributed by atoms with Crippen LogP contribution in [0.3, 0.4) is 0 Å². The summed E-state index contributed by atoms with van der Waals surface area (Å²) in [5.74, 6) is 5.73. The maximum absolute atomic E-state index is 5.77. The highest BCUT2D eigenvalue weighted by Gasteiger charge is 2.42. The van der Waals surface area contributed by atoms with Gasteiger partial charge in [0.15, 0.2) is 0 Å². The van der Waals surface area contributed by atoms with E-state index in [0.717, 1.165) is 24.9 Å². The number of hydrogen-bond donors (Lipinski definition) is 2. The molecular formula is C12H22N4O. The second-order valence-electron chi connectivity index (χ2n) is 4.71. The molecule has 1 aliphatic rings. The van der Waals surface area contributed by atoms with Gasteiger partial charge in [-0.3, -0.25) is 10.5 Å². The van der Waals surface area contributed by atoms with Gasteiger partial charge in [0.2, 0.25) is 0 Å².